The average Bonchev–Trinajstić information content (AvgIpc) is 2.63. The van der Waals surface area contributed by atoms with Gasteiger partial charge in [-0.2, -0.15) is 0 Å². The van der Waals surface area contributed by atoms with E-state index < -0.39 is 0 Å². The minimum Gasteiger partial charge on any atom is -0.484 e. The van der Waals surface area contributed by atoms with Gasteiger partial charge in [0.2, 0.25) is 0 Å². The number of hydrogen-bond acceptors (Lipinski definition) is 4. The maximum Gasteiger partial charge on any atom is 0.260 e. The summed E-state index contributed by atoms with van der Waals surface area (Å²) >= 11 is 0. The van der Waals surface area contributed by atoms with Crippen LogP contribution in [0.15, 0.2) is 24.3 Å². The summed E-state index contributed by atoms with van der Waals surface area (Å²) < 4.78 is 10.6. The summed E-state index contributed by atoms with van der Waals surface area (Å²) in [6, 6.07) is 7.38. The van der Waals surface area contributed by atoms with Crippen molar-refractivity contribution in [3.05, 3.63) is 29.8 Å². The fourth-order valence-corrected chi connectivity index (χ4v) is 3.36. The van der Waals surface area contributed by atoms with Crippen LogP contribution in [0.25, 0.3) is 0 Å². The molecule has 0 saturated carbocycles. The molecular weight excluding hydrogens is 332 g/mol. The molecule has 2 amide bonds. The Kier molecular flexibility index (Phi) is 7.91. The molecule has 26 heavy (non-hydrogen) atoms. The van der Waals surface area contributed by atoms with E-state index in [2.05, 4.69) is 19.2 Å². The number of benzene rings is 1. The number of likely N-dealkylation sites (tertiary alicyclic amines) is 1. The van der Waals surface area contributed by atoms with E-state index in [0.29, 0.717) is 24.5 Å². The zero-order valence-electron chi connectivity index (χ0n) is 16.0. The number of nitrogens with zero attached hydrogens (tertiary/aromatic N) is 1. The second kappa shape index (κ2) is 10.2. The van der Waals surface area contributed by atoms with Crippen LogP contribution in [0.5, 0.6) is 5.75 Å². The van der Waals surface area contributed by atoms with Gasteiger partial charge in [-0.1, -0.05) is 0 Å². The molecule has 0 spiro atoms. The monoisotopic (exact) mass is 362 g/mol. The Bertz CT molecular complexity index is 578. The Labute approximate surface area is 155 Å². The Hall–Kier alpha value is -2.08. The lowest BCUT2D eigenvalue weighted by atomic mass is 9.97. The molecule has 1 aromatic rings. The molecule has 144 valence electrons. The number of carbonyl (C=O) groups is 2. The first-order valence-electron chi connectivity index (χ1n) is 9.34. The van der Waals surface area contributed by atoms with E-state index in [4.69, 9.17) is 9.47 Å². The highest BCUT2D eigenvalue weighted by atomic mass is 16.5. The van der Waals surface area contributed by atoms with Crippen molar-refractivity contribution in [1.29, 1.82) is 0 Å². The minimum absolute atomic E-state index is 0.0182. The lowest BCUT2D eigenvalue weighted by Gasteiger charge is -2.38. The van der Waals surface area contributed by atoms with Crippen LogP contribution in [0.2, 0.25) is 0 Å². The highest BCUT2D eigenvalue weighted by Crippen LogP contribution is 2.22. The lowest BCUT2D eigenvalue weighted by Crippen LogP contribution is -2.49. The molecule has 1 saturated heterocycles. The minimum atomic E-state index is -0.125. The quantitative estimate of drug-likeness (QED) is 0.722. The van der Waals surface area contributed by atoms with Crippen LogP contribution in [0.4, 0.5) is 0 Å². The molecule has 1 fully saturated rings. The Morgan fingerprint density at radius 2 is 1.81 bits per heavy atom. The van der Waals surface area contributed by atoms with E-state index in [-0.39, 0.29) is 30.5 Å². The first-order valence-corrected chi connectivity index (χ1v) is 9.34. The molecule has 1 heterocycles. The third kappa shape index (κ3) is 5.73. The van der Waals surface area contributed by atoms with Gasteiger partial charge in [0.1, 0.15) is 5.75 Å². The van der Waals surface area contributed by atoms with Crippen LogP contribution in [0.3, 0.4) is 0 Å². The van der Waals surface area contributed by atoms with Crippen LogP contribution in [0, 0.1) is 0 Å². The van der Waals surface area contributed by atoms with E-state index in [9.17, 15) is 9.59 Å². The van der Waals surface area contributed by atoms with Crippen LogP contribution in [-0.2, 0) is 9.53 Å². The number of ether oxygens (including phenoxy) is 2. The van der Waals surface area contributed by atoms with Gasteiger partial charge in [-0.25, -0.2) is 0 Å². The van der Waals surface area contributed by atoms with Crippen molar-refractivity contribution < 1.29 is 19.1 Å². The van der Waals surface area contributed by atoms with E-state index >= 15 is 0 Å². The molecule has 1 aromatic carbocycles. The predicted octanol–water partition coefficient (Wildman–Crippen LogP) is 2.62. The SMILES string of the molecule is COCCCNC(=O)c1ccc(OCC(=O)N2C(C)CCCC2C)cc1. The third-order valence-corrected chi connectivity index (χ3v) is 4.77. The Balaban J connectivity index is 1.81. The van der Waals surface area contributed by atoms with Crippen LogP contribution >= 0.6 is 0 Å². The molecule has 0 aliphatic carbocycles. The fourth-order valence-electron chi connectivity index (χ4n) is 3.36. The maximum atomic E-state index is 12.5. The van der Waals surface area contributed by atoms with E-state index in [1.54, 1.807) is 31.4 Å². The Morgan fingerprint density at radius 3 is 2.42 bits per heavy atom. The second-order valence-electron chi connectivity index (χ2n) is 6.85. The number of rotatable bonds is 8. The lowest BCUT2D eigenvalue weighted by molar-refractivity contribution is -0.139. The van der Waals surface area contributed by atoms with Gasteiger partial charge in [-0.15, -0.1) is 0 Å². The molecule has 0 aromatic heterocycles. The summed E-state index contributed by atoms with van der Waals surface area (Å²) in [5, 5.41) is 2.84. The van der Waals surface area contributed by atoms with E-state index in [1.165, 1.54) is 6.42 Å². The van der Waals surface area contributed by atoms with Gasteiger partial charge in [-0.05, 0) is 63.8 Å². The van der Waals surface area contributed by atoms with Gasteiger partial charge in [0.05, 0.1) is 0 Å². The van der Waals surface area contributed by atoms with Crippen LogP contribution < -0.4 is 10.1 Å². The molecular formula is C20H30N2O4. The zero-order chi connectivity index (χ0) is 18.9. The number of amides is 2. The molecule has 6 heteroatoms. The number of hydrogen-bond donors (Lipinski definition) is 1. The predicted molar refractivity (Wildman–Crippen MR) is 100 cm³/mol. The molecule has 6 nitrogen and oxygen atoms in total. The molecule has 1 aliphatic rings. The summed E-state index contributed by atoms with van der Waals surface area (Å²) in [6.45, 7) is 5.40. The summed E-state index contributed by atoms with van der Waals surface area (Å²) in [7, 11) is 1.64. The largest absolute Gasteiger partial charge is 0.484 e. The highest BCUT2D eigenvalue weighted by molar-refractivity contribution is 5.94. The summed E-state index contributed by atoms with van der Waals surface area (Å²) in [4.78, 5) is 26.4. The molecule has 2 unspecified atom stereocenters. The molecule has 0 radical (unpaired) electrons. The van der Waals surface area contributed by atoms with Crippen LogP contribution in [0.1, 0.15) is 49.9 Å². The summed E-state index contributed by atoms with van der Waals surface area (Å²) in [5.74, 6) is 0.482. The maximum absolute atomic E-state index is 12.5. The van der Waals surface area contributed by atoms with Crippen molar-refractivity contribution in [1.82, 2.24) is 10.2 Å². The smallest absolute Gasteiger partial charge is 0.260 e. The number of carbonyl (C=O) groups excluding carboxylic acids is 2. The normalized spacial score (nSPS) is 19.9. The second-order valence-corrected chi connectivity index (χ2v) is 6.85. The topological polar surface area (TPSA) is 67.9 Å². The van der Waals surface area contributed by atoms with Gasteiger partial charge in [-0.3, -0.25) is 9.59 Å². The standard InChI is InChI=1S/C20H30N2O4/c1-15-6-4-7-16(2)22(15)19(23)14-26-18-10-8-17(9-11-18)20(24)21-12-5-13-25-3/h8-11,15-16H,4-7,12-14H2,1-3H3,(H,21,24). The summed E-state index contributed by atoms with van der Waals surface area (Å²) in [6.07, 6.45) is 4.04. The van der Waals surface area contributed by atoms with Crippen molar-refractivity contribution >= 4 is 11.8 Å². The number of piperidine rings is 1. The number of nitrogens with one attached hydrogen (secondary N) is 1. The van der Waals surface area contributed by atoms with Gasteiger partial charge in [0.25, 0.3) is 11.8 Å². The van der Waals surface area contributed by atoms with Crippen molar-refractivity contribution in [3.8, 4) is 5.75 Å². The third-order valence-electron chi connectivity index (χ3n) is 4.77. The van der Waals surface area contributed by atoms with E-state index in [0.717, 1.165) is 19.3 Å². The molecule has 2 rings (SSSR count). The average molecular weight is 362 g/mol. The first-order chi connectivity index (χ1) is 12.5. The first kappa shape index (κ1) is 20.2. The molecule has 2 atom stereocenters. The Morgan fingerprint density at radius 1 is 1.15 bits per heavy atom. The molecule has 0 bridgehead atoms. The molecule has 1 aliphatic heterocycles. The summed E-state index contributed by atoms with van der Waals surface area (Å²) in [5.41, 5.74) is 0.569. The van der Waals surface area contributed by atoms with Gasteiger partial charge in [0.15, 0.2) is 6.61 Å². The zero-order valence-corrected chi connectivity index (χ0v) is 16.0. The fraction of sp³-hybridized carbons (Fsp3) is 0.600. The van der Waals surface area contributed by atoms with Crippen LogP contribution in [-0.4, -0.2) is 55.7 Å². The highest BCUT2D eigenvalue weighted by Gasteiger charge is 2.28. The number of methoxy groups -OCH3 is 1. The van der Waals surface area contributed by atoms with Gasteiger partial charge < -0.3 is 19.7 Å². The van der Waals surface area contributed by atoms with Crippen molar-refractivity contribution in [2.75, 3.05) is 26.9 Å². The van der Waals surface area contributed by atoms with Crippen molar-refractivity contribution in [3.63, 3.8) is 0 Å². The molecule has 1 N–H and O–H groups in total. The van der Waals surface area contributed by atoms with Gasteiger partial charge in [0, 0.05) is 37.9 Å². The van der Waals surface area contributed by atoms with Crippen molar-refractivity contribution in [2.24, 2.45) is 0 Å². The van der Waals surface area contributed by atoms with Gasteiger partial charge >= 0.3 is 0 Å². The van der Waals surface area contributed by atoms with Crippen molar-refractivity contribution in [2.45, 2.75) is 51.6 Å². The van der Waals surface area contributed by atoms with E-state index in [1.807, 2.05) is 4.90 Å².